The van der Waals surface area contributed by atoms with Crippen molar-refractivity contribution in [3.8, 4) is 0 Å². The van der Waals surface area contributed by atoms with Crippen molar-refractivity contribution in [2.75, 3.05) is 31.6 Å². The maximum atomic E-state index is 13.8. The molecule has 2 aromatic heterocycles. The molecule has 162 valence electrons. The number of carbonyl (C=O) groups excluding carboxylic acids is 1. The molecule has 1 atom stereocenters. The van der Waals surface area contributed by atoms with Gasteiger partial charge in [0.25, 0.3) is 5.91 Å². The second kappa shape index (κ2) is 9.22. The summed E-state index contributed by atoms with van der Waals surface area (Å²) in [5, 5.41) is 10.0. The van der Waals surface area contributed by atoms with Crippen molar-refractivity contribution in [3.05, 3.63) is 70.7 Å². The summed E-state index contributed by atoms with van der Waals surface area (Å²) >= 11 is 0. The van der Waals surface area contributed by atoms with Crippen LogP contribution in [0.4, 0.5) is 10.2 Å². The number of aromatic amines is 1. The minimum atomic E-state index is -0.389. The summed E-state index contributed by atoms with van der Waals surface area (Å²) in [7, 11) is 0. The quantitative estimate of drug-likeness (QED) is 0.632. The first-order valence-electron chi connectivity index (χ1n) is 10.2. The molecule has 1 saturated heterocycles. The molecule has 2 N–H and O–H groups in total. The van der Waals surface area contributed by atoms with E-state index >= 15 is 0 Å². The Morgan fingerprint density at radius 2 is 2.23 bits per heavy atom. The van der Waals surface area contributed by atoms with E-state index in [0.29, 0.717) is 37.7 Å². The zero-order valence-corrected chi connectivity index (χ0v) is 17.6. The molecule has 1 unspecified atom stereocenters. The van der Waals surface area contributed by atoms with Crippen molar-refractivity contribution in [1.82, 2.24) is 25.1 Å². The van der Waals surface area contributed by atoms with Gasteiger partial charge >= 0.3 is 0 Å². The lowest BCUT2D eigenvalue weighted by molar-refractivity contribution is -0.00342. The van der Waals surface area contributed by atoms with Crippen LogP contribution in [-0.4, -0.2) is 57.3 Å². The number of anilines is 1. The Morgan fingerprint density at radius 1 is 1.35 bits per heavy atom. The van der Waals surface area contributed by atoms with Gasteiger partial charge in [-0.25, -0.2) is 14.4 Å². The Morgan fingerprint density at radius 3 is 3.00 bits per heavy atom. The lowest BCUT2D eigenvalue weighted by Gasteiger charge is -2.35. The van der Waals surface area contributed by atoms with E-state index in [0.717, 1.165) is 23.2 Å². The second-order valence-corrected chi connectivity index (χ2v) is 7.53. The minimum absolute atomic E-state index is 0.122. The molecule has 0 saturated carbocycles. The summed E-state index contributed by atoms with van der Waals surface area (Å²) in [6.45, 7) is 5.54. The van der Waals surface area contributed by atoms with E-state index in [4.69, 9.17) is 4.74 Å². The largest absolute Gasteiger partial charge is 0.377 e. The van der Waals surface area contributed by atoms with E-state index in [2.05, 4.69) is 25.5 Å². The third kappa shape index (κ3) is 4.72. The molecular formula is C22H25FN6O2. The second-order valence-electron chi connectivity index (χ2n) is 7.53. The number of ether oxygens (including phenoxy) is 1. The number of aryl methyl sites for hydroxylation is 1. The van der Waals surface area contributed by atoms with Crippen molar-refractivity contribution < 1.29 is 13.9 Å². The number of morpholine rings is 1. The van der Waals surface area contributed by atoms with E-state index in [1.165, 1.54) is 12.1 Å². The molecule has 1 aliphatic heterocycles. The summed E-state index contributed by atoms with van der Waals surface area (Å²) < 4.78 is 19.3. The first kappa shape index (κ1) is 20.9. The lowest BCUT2D eigenvalue weighted by Crippen LogP contribution is -2.44. The van der Waals surface area contributed by atoms with Crippen LogP contribution in [0.15, 0.2) is 36.7 Å². The highest BCUT2D eigenvalue weighted by atomic mass is 19.1. The van der Waals surface area contributed by atoms with Gasteiger partial charge in [-0.15, -0.1) is 0 Å². The molecule has 31 heavy (non-hydrogen) atoms. The Labute approximate surface area is 179 Å². The maximum Gasteiger partial charge on any atom is 0.292 e. The molecule has 4 rings (SSSR count). The minimum Gasteiger partial charge on any atom is -0.377 e. The monoisotopic (exact) mass is 424 g/mol. The topological polar surface area (TPSA) is 96.0 Å². The van der Waals surface area contributed by atoms with Crippen molar-refractivity contribution in [3.63, 3.8) is 0 Å². The van der Waals surface area contributed by atoms with Crippen molar-refractivity contribution in [2.45, 2.75) is 26.3 Å². The number of hydrogen-bond donors (Lipinski definition) is 2. The third-order valence-electron chi connectivity index (χ3n) is 5.46. The van der Waals surface area contributed by atoms with Crippen LogP contribution >= 0.6 is 0 Å². The molecule has 0 bridgehead atoms. The molecule has 8 nitrogen and oxygen atoms in total. The molecule has 0 radical (unpaired) electrons. The number of hydrogen-bond acceptors (Lipinski definition) is 6. The smallest absolute Gasteiger partial charge is 0.292 e. The predicted molar refractivity (Wildman–Crippen MR) is 113 cm³/mol. The number of carbonyl (C=O) groups is 1. The number of amides is 1. The van der Waals surface area contributed by atoms with Crippen LogP contribution in [0, 0.1) is 19.7 Å². The molecular weight excluding hydrogens is 399 g/mol. The van der Waals surface area contributed by atoms with Crippen LogP contribution in [0.3, 0.4) is 0 Å². The standard InChI is InChI=1S/C22H25FN6O2/c1-14-15(2)27-21(28-20(14)24-7-6-16-11-25-26-12-16)22(30)29-8-9-31-13-19(29)17-4-3-5-18(23)10-17/h3-5,10-12,19H,6-9,13H2,1-2H3,(H,25,26)(H,24,27,28). The Bertz CT molecular complexity index is 1060. The SMILES string of the molecule is Cc1nc(C(=O)N2CCOCC2c2cccc(F)c2)nc(NCCc2cn[nH]c2)c1C. The summed E-state index contributed by atoms with van der Waals surface area (Å²) in [6.07, 6.45) is 4.40. The Hall–Kier alpha value is -3.33. The van der Waals surface area contributed by atoms with Crippen LogP contribution in [0.25, 0.3) is 0 Å². The zero-order valence-electron chi connectivity index (χ0n) is 17.6. The highest BCUT2D eigenvalue weighted by molar-refractivity contribution is 5.91. The van der Waals surface area contributed by atoms with Gasteiger partial charge in [-0.2, -0.15) is 5.10 Å². The number of aromatic nitrogens is 4. The Balaban J connectivity index is 1.55. The van der Waals surface area contributed by atoms with Crippen molar-refractivity contribution >= 4 is 11.7 Å². The van der Waals surface area contributed by atoms with Gasteiger partial charge in [0, 0.05) is 30.5 Å². The van der Waals surface area contributed by atoms with Crippen molar-refractivity contribution in [2.24, 2.45) is 0 Å². The van der Waals surface area contributed by atoms with Gasteiger partial charge in [-0.05, 0) is 43.5 Å². The van der Waals surface area contributed by atoms with Crippen LogP contribution in [0.1, 0.15) is 39.0 Å². The fourth-order valence-corrected chi connectivity index (χ4v) is 3.60. The van der Waals surface area contributed by atoms with E-state index in [1.54, 1.807) is 23.2 Å². The molecule has 9 heteroatoms. The van der Waals surface area contributed by atoms with Crippen LogP contribution < -0.4 is 5.32 Å². The Kier molecular flexibility index (Phi) is 6.22. The van der Waals surface area contributed by atoms with E-state index in [-0.39, 0.29) is 23.6 Å². The van der Waals surface area contributed by atoms with E-state index in [9.17, 15) is 9.18 Å². The highest BCUT2D eigenvalue weighted by Crippen LogP contribution is 2.26. The van der Waals surface area contributed by atoms with Gasteiger partial charge in [0.1, 0.15) is 11.6 Å². The van der Waals surface area contributed by atoms with Gasteiger partial charge in [-0.3, -0.25) is 9.89 Å². The maximum absolute atomic E-state index is 13.8. The van der Waals surface area contributed by atoms with Crippen LogP contribution in [0.2, 0.25) is 0 Å². The summed E-state index contributed by atoms with van der Waals surface area (Å²) in [5.41, 5.74) is 3.40. The third-order valence-corrected chi connectivity index (χ3v) is 5.46. The molecule has 3 aromatic rings. The van der Waals surface area contributed by atoms with E-state index < -0.39 is 0 Å². The number of rotatable bonds is 6. The molecule has 0 aliphatic carbocycles. The van der Waals surface area contributed by atoms with Gasteiger partial charge in [0.05, 0.1) is 25.5 Å². The molecule has 1 amide bonds. The number of H-pyrrole nitrogens is 1. The molecule has 0 spiro atoms. The average molecular weight is 424 g/mol. The first-order chi connectivity index (χ1) is 15.0. The molecule has 1 aliphatic rings. The number of nitrogens with zero attached hydrogens (tertiary/aromatic N) is 4. The summed E-state index contributed by atoms with van der Waals surface area (Å²) in [6, 6.07) is 5.86. The number of halogens is 1. The fourth-order valence-electron chi connectivity index (χ4n) is 3.60. The van der Waals surface area contributed by atoms with Crippen LogP contribution in [0.5, 0.6) is 0 Å². The predicted octanol–water partition coefficient (Wildman–Crippen LogP) is 2.82. The first-order valence-corrected chi connectivity index (χ1v) is 10.2. The lowest BCUT2D eigenvalue weighted by atomic mass is 10.0. The average Bonchev–Trinajstić information content (AvgIpc) is 3.29. The molecule has 1 aromatic carbocycles. The van der Waals surface area contributed by atoms with Crippen molar-refractivity contribution in [1.29, 1.82) is 0 Å². The number of benzene rings is 1. The van der Waals surface area contributed by atoms with Gasteiger partial charge in [0.15, 0.2) is 0 Å². The van der Waals surface area contributed by atoms with Gasteiger partial charge < -0.3 is 15.0 Å². The van der Waals surface area contributed by atoms with E-state index in [1.807, 2.05) is 20.0 Å². The normalized spacial score (nSPS) is 16.4. The molecule has 3 heterocycles. The van der Waals surface area contributed by atoms with Gasteiger partial charge in [0.2, 0.25) is 5.82 Å². The number of nitrogens with one attached hydrogen (secondary N) is 2. The van der Waals surface area contributed by atoms with Gasteiger partial charge in [-0.1, -0.05) is 12.1 Å². The summed E-state index contributed by atoms with van der Waals surface area (Å²) in [5.74, 6) is 0.118. The summed E-state index contributed by atoms with van der Waals surface area (Å²) in [4.78, 5) is 24.0. The fraction of sp³-hybridized carbons (Fsp3) is 0.364. The molecule has 1 fully saturated rings. The zero-order chi connectivity index (χ0) is 21.8. The highest BCUT2D eigenvalue weighted by Gasteiger charge is 2.31. The van der Waals surface area contributed by atoms with Crippen LogP contribution in [-0.2, 0) is 11.2 Å².